The fourth-order valence-electron chi connectivity index (χ4n) is 4.47. The average Bonchev–Trinajstić information content (AvgIpc) is 3.16. The van der Waals surface area contributed by atoms with Gasteiger partial charge in [-0.3, -0.25) is 9.59 Å². The van der Waals surface area contributed by atoms with E-state index in [2.05, 4.69) is 15.6 Å². The van der Waals surface area contributed by atoms with E-state index in [-0.39, 0.29) is 29.8 Å². The van der Waals surface area contributed by atoms with E-state index in [4.69, 9.17) is 4.74 Å². The van der Waals surface area contributed by atoms with Gasteiger partial charge in [0.1, 0.15) is 6.54 Å². The lowest BCUT2D eigenvalue weighted by Gasteiger charge is -2.38. The molecule has 0 spiro atoms. The number of fused-ring (bicyclic) bond motifs is 2. The minimum absolute atomic E-state index is 0.0393. The van der Waals surface area contributed by atoms with Crippen molar-refractivity contribution < 1.29 is 14.3 Å². The number of likely N-dealkylation sites (tertiary alicyclic amines) is 1. The second-order valence-corrected chi connectivity index (χ2v) is 7.48. The topological polar surface area (TPSA) is 89.4 Å². The standard InChI is InChI=1S/C17H25N5O3/c1-12(23)18-17-6-7-25-10-13(17)8-21(11-17)16(24)9-22-15-5-3-2-4-14(15)19-20-22/h13H,2-11H2,1H3,(H,18,23)/t13-,17+/m0/s1. The fourth-order valence-corrected chi connectivity index (χ4v) is 4.47. The molecule has 4 rings (SSSR count). The zero-order valence-electron chi connectivity index (χ0n) is 14.7. The average molecular weight is 347 g/mol. The molecule has 0 saturated carbocycles. The van der Waals surface area contributed by atoms with Crippen LogP contribution < -0.4 is 5.32 Å². The largest absolute Gasteiger partial charge is 0.381 e. The first-order chi connectivity index (χ1) is 12.1. The van der Waals surface area contributed by atoms with Crippen molar-refractivity contribution in [3.8, 4) is 0 Å². The third-order valence-corrected chi connectivity index (χ3v) is 5.76. The molecule has 2 atom stereocenters. The molecule has 3 aliphatic rings. The van der Waals surface area contributed by atoms with Crippen LogP contribution in [-0.2, 0) is 33.7 Å². The molecule has 1 N–H and O–H groups in total. The summed E-state index contributed by atoms with van der Waals surface area (Å²) in [5.41, 5.74) is 1.80. The van der Waals surface area contributed by atoms with Crippen molar-refractivity contribution in [3.05, 3.63) is 11.4 Å². The van der Waals surface area contributed by atoms with Gasteiger partial charge >= 0.3 is 0 Å². The van der Waals surface area contributed by atoms with Crippen LogP contribution >= 0.6 is 0 Å². The molecule has 0 bridgehead atoms. The van der Waals surface area contributed by atoms with Gasteiger partial charge in [0.15, 0.2) is 0 Å². The van der Waals surface area contributed by atoms with Crippen LogP contribution in [0.4, 0.5) is 0 Å². The number of aromatic nitrogens is 3. The minimum Gasteiger partial charge on any atom is -0.381 e. The molecule has 0 aromatic carbocycles. The highest BCUT2D eigenvalue weighted by Gasteiger charge is 2.50. The summed E-state index contributed by atoms with van der Waals surface area (Å²) in [6.07, 6.45) is 4.93. The Bertz CT molecular complexity index is 688. The van der Waals surface area contributed by atoms with E-state index in [1.807, 2.05) is 4.90 Å². The lowest BCUT2D eigenvalue weighted by molar-refractivity contribution is -0.131. The maximum absolute atomic E-state index is 12.9. The second kappa shape index (κ2) is 6.40. The van der Waals surface area contributed by atoms with Crippen molar-refractivity contribution >= 4 is 11.8 Å². The van der Waals surface area contributed by atoms with Gasteiger partial charge in [0.05, 0.1) is 23.5 Å². The third kappa shape index (κ3) is 3.03. The first-order valence-corrected chi connectivity index (χ1v) is 9.13. The summed E-state index contributed by atoms with van der Waals surface area (Å²) >= 11 is 0. The Morgan fingerprint density at radius 2 is 2.20 bits per heavy atom. The van der Waals surface area contributed by atoms with Gasteiger partial charge in [0, 0.05) is 32.5 Å². The van der Waals surface area contributed by atoms with Crippen LogP contribution in [0.2, 0.25) is 0 Å². The molecule has 25 heavy (non-hydrogen) atoms. The van der Waals surface area contributed by atoms with Crippen LogP contribution in [0.15, 0.2) is 0 Å². The predicted molar refractivity (Wildman–Crippen MR) is 88.7 cm³/mol. The van der Waals surface area contributed by atoms with Gasteiger partial charge in [0.2, 0.25) is 11.8 Å². The summed E-state index contributed by atoms with van der Waals surface area (Å²) in [5, 5.41) is 11.5. The highest BCUT2D eigenvalue weighted by atomic mass is 16.5. The molecular formula is C17H25N5O3. The van der Waals surface area contributed by atoms with Crippen molar-refractivity contribution in [2.75, 3.05) is 26.3 Å². The molecule has 0 unspecified atom stereocenters. The first kappa shape index (κ1) is 16.5. The van der Waals surface area contributed by atoms with Gasteiger partial charge in [-0.2, -0.15) is 0 Å². The SMILES string of the molecule is CC(=O)N[C@@]12CCOC[C@@H]1CN(C(=O)Cn1nnc3c1CCCC3)C2. The van der Waals surface area contributed by atoms with Crippen molar-refractivity contribution in [2.24, 2.45) is 5.92 Å². The van der Waals surface area contributed by atoms with Gasteiger partial charge < -0.3 is 15.0 Å². The molecule has 2 fully saturated rings. The lowest BCUT2D eigenvalue weighted by atomic mass is 9.83. The lowest BCUT2D eigenvalue weighted by Crippen LogP contribution is -2.57. The molecule has 2 aliphatic heterocycles. The molecule has 1 aromatic heterocycles. The summed E-state index contributed by atoms with van der Waals surface area (Å²) < 4.78 is 7.35. The highest BCUT2D eigenvalue weighted by molar-refractivity contribution is 5.78. The van der Waals surface area contributed by atoms with Gasteiger partial charge in [-0.05, 0) is 32.1 Å². The van der Waals surface area contributed by atoms with E-state index in [9.17, 15) is 9.59 Å². The zero-order chi connectivity index (χ0) is 17.4. The monoisotopic (exact) mass is 347 g/mol. The predicted octanol–water partition coefficient (Wildman–Crippen LogP) is -0.0895. The van der Waals surface area contributed by atoms with Gasteiger partial charge in [-0.1, -0.05) is 5.21 Å². The van der Waals surface area contributed by atoms with E-state index in [1.165, 1.54) is 6.92 Å². The Labute approximate surface area is 146 Å². The molecule has 8 heteroatoms. The number of rotatable bonds is 3. The quantitative estimate of drug-likeness (QED) is 0.825. The summed E-state index contributed by atoms with van der Waals surface area (Å²) in [6, 6.07) is 0. The number of amides is 2. The smallest absolute Gasteiger partial charge is 0.244 e. The minimum atomic E-state index is -0.346. The zero-order valence-corrected chi connectivity index (χ0v) is 14.7. The molecule has 1 aliphatic carbocycles. The Balaban J connectivity index is 1.48. The summed E-state index contributed by atoms with van der Waals surface area (Å²) in [4.78, 5) is 26.4. The van der Waals surface area contributed by atoms with Gasteiger partial charge in [0.25, 0.3) is 0 Å². The summed E-state index contributed by atoms with van der Waals surface area (Å²) in [6.45, 7) is 4.14. The third-order valence-electron chi connectivity index (χ3n) is 5.76. The molecule has 1 aromatic rings. The normalized spacial score (nSPS) is 28.4. The van der Waals surface area contributed by atoms with Crippen LogP contribution in [0.1, 0.15) is 37.6 Å². The maximum Gasteiger partial charge on any atom is 0.244 e. The molecular weight excluding hydrogens is 322 g/mol. The van der Waals surface area contributed by atoms with Crippen molar-refractivity contribution in [3.63, 3.8) is 0 Å². The van der Waals surface area contributed by atoms with E-state index in [1.54, 1.807) is 4.68 Å². The number of hydrogen-bond acceptors (Lipinski definition) is 5. The van der Waals surface area contributed by atoms with Gasteiger partial charge in [-0.25, -0.2) is 4.68 Å². The Morgan fingerprint density at radius 3 is 3.04 bits per heavy atom. The van der Waals surface area contributed by atoms with E-state index in [0.29, 0.717) is 26.3 Å². The van der Waals surface area contributed by atoms with Gasteiger partial charge in [-0.15, -0.1) is 5.10 Å². The Morgan fingerprint density at radius 1 is 1.36 bits per heavy atom. The van der Waals surface area contributed by atoms with Crippen LogP contribution in [0.3, 0.4) is 0 Å². The number of aryl methyl sites for hydroxylation is 1. The maximum atomic E-state index is 12.9. The second-order valence-electron chi connectivity index (χ2n) is 7.48. The van der Waals surface area contributed by atoms with E-state index in [0.717, 1.165) is 43.5 Å². The van der Waals surface area contributed by atoms with Crippen molar-refractivity contribution in [1.82, 2.24) is 25.2 Å². The van der Waals surface area contributed by atoms with E-state index >= 15 is 0 Å². The number of carbonyl (C=O) groups is 2. The summed E-state index contributed by atoms with van der Waals surface area (Å²) in [5.74, 6) is 0.141. The van der Waals surface area contributed by atoms with Crippen molar-refractivity contribution in [2.45, 2.75) is 51.1 Å². The first-order valence-electron chi connectivity index (χ1n) is 9.13. The van der Waals surface area contributed by atoms with Crippen LogP contribution in [0.25, 0.3) is 0 Å². The Hall–Kier alpha value is -1.96. The molecule has 136 valence electrons. The Kier molecular flexibility index (Phi) is 4.23. The van der Waals surface area contributed by atoms with Crippen LogP contribution in [0, 0.1) is 5.92 Å². The summed E-state index contributed by atoms with van der Waals surface area (Å²) in [7, 11) is 0. The van der Waals surface area contributed by atoms with Crippen LogP contribution in [-0.4, -0.2) is 63.6 Å². The molecule has 2 saturated heterocycles. The van der Waals surface area contributed by atoms with E-state index < -0.39 is 0 Å². The molecule has 3 heterocycles. The number of ether oxygens (including phenoxy) is 1. The highest BCUT2D eigenvalue weighted by Crippen LogP contribution is 2.34. The number of carbonyl (C=O) groups excluding carboxylic acids is 2. The number of nitrogens with zero attached hydrogens (tertiary/aromatic N) is 4. The number of nitrogens with one attached hydrogen (secondary N) is 1. The molecule has 0 radical (unpaired) electrons. The van der Waals surface area contributed by atoms with Crippen LogP contribution in [0.5, 0.6) is 0 Å². The fraction of sp³-hybridized carbons (Fsp3) is 0.765. The molecule has 8 nitrogen and oxygen atoms in total. The van der Waals surface area contributed by atoms with Crippen molar-refractivity contribution in [1.29, 1.82) is 0 Å². The number of hydrogen-bond donors (Lipinski definition) is 1. The molecule has 2 amide bonds.